The number of nitrogens with zero attached hydrogens (tertiary/aromatic N) is 2. The van der Waals surface area contributed by atoms with Gasteiger partial charge in [0.1, 0.15) is 5.82 Å². The molecule has 0 unspecified atom stereocenters. The smallest absolute Gasteiger partial charge is 0.230 e. The number of pyridine rings is 1. The molecule has 1 aliphatic carbocycles. The number of ether oxygens (including phenoxy) is 2. The largest absolute Gasteiger partial charge is 0.389 e. The number of amides is 1. The first-order valence-corrected chi connectivity index (χ1v) is 13.8. The number of aromatic nitrogens is 1. The Hall–Kier alpha value is -1.77. The van der Waals surface area contributed by atoms with Gasteiger partial charge in [-0.3, -0.25) is 9.69 Å². The highest BCUT2D eigenvalue weighted by Gasteiger charge is 2.45. The number of rotatable bonds is 4. The molecule has 1 aromatic carbocycles. The van der Waals surface area contributed by atoms with Crippen LogP contribution >= 0.6 is 11.6 Å². The SMILES string of the molecule is C[C@@]1(N2CCC(c3cc4cc(NC(=O)[C@@H]5CCC6(CCC6)OC5)ncc4cc3Cl)CC2)COC[C@@H]1O. The topological polar surface area (TPSA) is 83.9 Å². The van der Waals surface area contributed by atoms with E-state index >= 15 is 0 Å². The average molecular weight is 514 g/mol. The van der Waals surface area contributed by atoms with Gasteiger partial charge in [-0.1, -0.05) is 11.6 Å². The zero-order valence-electron chi connectivity index (χ0n) is 21.0. The number of aliphatic hydroxyl groups is 1. The zero-order chi connectivity index (χ0) is 24.9. The molecule has 1 saturated carbocycles. The fraction of sp³-hybridized carbons (Fsp3) is 0.643. The maximum atomic E-state index is 12.9. The minimum Gasteiger partial charge on any atom is -0.389 e. The van der Waals surface area contributed by atoms with E-state index in [9.17, 15) is 9.90 Å². The second kappa shape index (κ2) is 9.52. The van der Waals surface area contributed by atoms with E-state index in [1.807, 2.05) is 12.1 Å². The Bertz CT molecular complexity index is 1140. The molecule has 194 valence electrons. The summed E-state index contributed by atoms with van der Waals surface area (Å²) < 4.78 is 11.6. The van der Waals surface area contributed by atoms with Gasteiger partial charge in [0.25, 0.3) is 0 Å². The molecule has 8 heteroatoms. The molecule has 0 bridgehead atoms. The molecule has 1 aromatic heterocycles. The molecule has 1 amide bonds. The predicted molar refractivity (Wildman–Crippen MR) is 139 cm³/mol. The number of benzene rings is 1. The van der Waals surface area contributed by atoms with Crippen molar-refractivity contribution in [1.82, 2.24) is 9.88 Å². The second-order valence-corrected chi connectivity index (χ2v) is 11.9. The van der Waals surface area contributed by atoms with Crippen molar-refractivity contribution in [3.05, 3.63) is 35.0 Å². The van der Waals surface area contributed by atoms with E-state index in [2.05, 4.69) is 28.2 Å². The number of hydrogen-bond donors (Lipinski definition) is 2. The predicted octanol–water partition coefficient (Wildman–Crippen LogP) is 4.51. The third-order valence-electron chi connectivity index (χ3n) is 9.31. The average Bonchev–Trinajstić information content (AvgIpc) is 3.22. The van der Waals surface area contributed by atoms with Crippen molar-refractivity contribution in [3.8, 4) is 0 Å². The van der Waals surface area contributed by atoms with Crippen molar-refractivity contribution in [1.29, 1.82) is 0 Å². The molecule has 3 aliphatic heterocycles. The Balaban J connectivity index is 1.13. The molecule has 3 atom stereocenters. The first-order valence-electron chi connectivity index (χ1n) is 13.4. The molecule has 3 saturated heterocycles. The van der Waals surface area contributed by atoms with Crippen LogP contribution in [-0.2, 0) is 14.3 Å². The highest BCUT2D eigenvalue weighted by Crippen LogP contribution is 2.44. The van der Waals surface area contributed by atoms with Crippen LogP contribution in [0.15, 0.2) is 24.4 Å². The number of fused-ring (bicyclic) bond motifs is 1. The van der Waals surface area contributed by atoms with Gasteiger partial charge in [0.2, 0.25) is 5.91 Å². The number of aliphatic hydroxyl groups excluding tert-OH is 1. The van der Waals surface area contributed by atoms with Crippen molar-refractivity contribution >= 4 is 34.1 Å². The molecule has 2 aromatic rings. The Labute approximate surface area is 217 Å². The van der Waals surface area contributed by atoms with Gasteiger partial charge in [-0.05, 0) is 100 Å². The lowest BCUT2D eigenvalue weighted by atomic mass is 9.73. The van der Waals surface area contributed by atoms with Crippen LogP contribution in [0.4, 0.5) is 5.82 Å². The van der Waals surface area contributed by atoms with Crippen molar-refractivity contribution < 1.29 is 19.4 Å². The zero-order valence-corrected chi connectivity index (χ0v) is 21.7. The molecule has 7 nitrogen and oxygen atoms in total. The first-order chi connectivity index (χ1) is 17.4. The first kappa shape index (κ1) is 24.6. The summed E-state index contributed by atoms with van der Waals surface area (Å²) in [6.45, 7) is 5.39. The molecule has 6 rings (SSSR count). The minimum absolute atomic E-state index is 0.0100. The number of hydrogen-bond acceptors (Lipinski definition) is 6. The summed E-state index contributed by atoms with van der Waals surface area (Å²) in [6, 6.07) is 6.10. The molecule has 0 radical (unpaired) electrons. The van der Waals surface area contributed by atoms with E-state index in [1.165, 1.54) is 6.42 Å². The number of halogens is 1. The monoisotopic (exact) mass is 513 g/mol. The number of likely N-dealkylation sites (tertiary alicyclic amines) is 1. The lowest BCUT2D eigenvalue weighted by Gasteiger charge is -2.46. The van der Waals surface area contributed by atoms with E-state index in [0.717, 1.165) is 73.0 Å². The summed E-state index contributed by atoms with van der Waals surface area (Å²) in [5, 5.41) is 16.2. The van der Waals surface area contributed by atoms with E-state index < -0.39 is 6.10 Å². The minimum atomic E-state index is -0.445. The maximum absolute atomic E-state index is 12.9. The maximum Gasteiger partial charge on any atom is 0.230 e. The Kier molecular flexibility index (Phi) is 6.49. The van der Waals surface area contributed by atoms with Crippen LogP contribution in [0.25, 0.3) is 10.8 Å². The molecule has 4 heterocycles. The van der Waals surface area contributed by atoms with Gasteiger partial charge in [0, 0.05) is 16.6 Å². The molecular weight excluding hydrogens is 478 g/mol. The number of carbonyl (C=O) groups excluding carboxylic acids is 1. The number of anilines is 1. The van der Waals surface area contributed by atoms with Gasteiger partial charge in [0.15, 0.2) is 0 Å². The molecule has 2 N–H and O–H groups in total. The van der Waals surface area contributed by atoms with Crippen molar-refractivity contribution in [2.75, 3.05) is 38.2 Å². The van der Waals surface area contributed by atoms with Crippen LogP contribution in [-0.4, -0.2) is 71.1 Å². The third-order valence-corrected chi connectivity index (χ3v) is 9.64. The van der Waals surface area contributed by atoms with Gasteiger partial charge in [-0.25, -0.2) is 4.98 Å². The summed E-state index contributed by atoms with van der Waals surface area (Å²) >= 11 is 6.73. The van der Waals surface area contributed by atoms with E-state index in [-0.39, 0.29) is 23.0 Å². The van der Waals surface area contributed by atoms with Gasteiger partial charge < -0.3 is 19.9 Å². The van der Waals surface area contributed by atoms with E-state index in [0.29, 0.717) is 31.6 Å². The summed E-state index contributed by atoms with van der Waals surface area (Å²) in [5.41, 5.74) is 0.900. The Morgan fingerprint density at radius 2 is 1.94 bits per heavy atom. The molecule has 36 heavy (non-hydrogen) atoms. The van der Waals surface area contributed by atoms with E-state index in [4.69, 9.17) is 21.1 Å². The second-order valence-electron chi connectivity index (χ2n) is 11.5. The van der Waals surface area contributed by atoms with Gasteiger partial charge in [-0.15, -0.1) is 0 Å². The fourth-order valence-corrected chi connectivity index (χ4v) is 6.82. The third kappa shape index (κ3) is 4.43. The molecule has 4 aliphatic rings. The summed E-state index contributed by atoms with van der Waals surface area (Å²) in [6.07, 6.45) is 8.64. The van der Waals surface area contributed by atoms with Crippen LogP contribution in [0.3, 0.4) is 0 Å². The fourth-order valence-electron chi connectivity index (χ4n) is 6.49. The normalized spacial score (nSPS) is 31.0. The van der Waals surface area contributed by atoms with E-state index in [1.54, 1.807) is 6.20 Å². The Morgan fingerprint density at radius 1 is 1.14 bits per heavy atom. The Morgan fingerprint density at radius 3 is 2.58 bits per heavy atom. The molecular formula is C28H36ClN3O4. The lowest BCUT2D eigenvalue weighted by Crippen LogP contribution is -2.56. The van der Waals surface area contributed by atoms with Crippen LogP contribution in [0.1, 0.15) is 63.4 Å². The standard InChI is InChI=1S/C28H36ClN3O4/c1-27(17-35-16-24(27)33)32-9-4-18(5-10-32)22-11-20-13-25(30-14-21(20)12-23(22)29)31-26(34)19-3-8-28(36-15-19)6-2-7-28/h11-14,18-19,24,33H,2-10,15-17H2,1H3,(H,30,31,34)/t19-,24+,27-/m1/s1. The van der Waals surface area contributed by atoms with Crippen LogP contribution in [0, 0.1) is 5.92 Å². The van der Waals surface area contributed by atoms with Crippen molar-refractivity contribution in [3.63, 3.8) is 0 Å². The van der Waals surface area contributed by atoms with Crippen LogP contribution in [0.5, 0.6) is 0 Å². The highest BCUT2D eigenvalue weighted by atomic mass is 35.5. The van der Waals surface area contributed by atoms with Gasteiger partial charge in [-0.2, -0.15) is 0 Å². The molecule has 1 spiro atoms. The van der Waals surface area contributed by atoms with Crippen LogP contribution in [0.2, 0.25) is 5.02 Å². The number of nitrogens with one attached hydrogen (secondary N) is 1. The summed E-state index contributed by atoms with van der Waals surface area (Å²) in [4.78, 5) is 19.7. The summed E-state index contributed by atoms with van der Waals surface area (Å²) in [5.74, 6) is 0.794. The van der Waals surface area contributed by atoms with Gasteiger partial charge >= 0.3 is 0 Å². The van der Waals surface area contributed by atoms with Crippen molar-refractivity contribution in [2.24, 2.45) is 5.92 Å². The summed E-state index contributed by atoms with van der Waals surface area (Å²) in [7, 11) is 0. The lowest BCUT2D eigenvalue weighted by molar-refractivity contribution is -0.154. The number of piperidine rings is 1. The van der Waals surface area contributed by atoms with Crippen LogP contribution < -0.4 is 5.32 Å². The number of carbonyl (C=O) groups is 1. The quantitative estimate of drug-likeness (QED) is 0.626. The highest BCUT2D eigenvalue weighted by molar-refractivity contribution is 6.32. The van der Waals surface area contributed by atoms with Crippen molar-refractivity contribution in [2.45, 2.75) is 75.0 Å². The molecule has 4 fully saturated rings. The van der Waals surface area contributed by atoms with Gasteiger partial charge in [0.05, 0.1) is 43.0 Å².